The maximum atomic E-state index is 13.9. The van der Waals surface area contributed by atoms with Crippen LogP contribution in [0.4, 0.5) is 19.3 Å². The molecule has 1 aliphatic rings. The lowest BCUT2D eigenvalue weighted by atomic mass is 9.69. The topological polar surface area (TPSA) is 94.4 Å². The predicted octanol–water partition coefficient (Wildman–Crippen LogP) is 6.47. The second-order valence-corrected chi connectivity index (χ2v) is 9.71. The van der Waals surface area contributed by atoms with Gasteiger partial charge < -0.3 is 10.1 Å². The number of carbonyl (C=O) groups is 1. The first-order chi connectivity index (χ1) is 16.4. The van der Waals surface area contributed by atoms with Crippen molar-refractivity contribution in [3.8, 4) is 22.4 Å². The van der Waals surface area contributed by atoms with E-state index >= 15 is 0 Å². The zero-order valence-electron chi connectivity index (χ0n) is 19.5. The van der Waals surface area contributed by atoms with Crippen LogP contribution < -0.4 is 5.32 Å². The minimum Gasteiger partial charge on any atom is -0.444 e. The third-order valence-corrected chi connectivity index (χ3v) is 5.74. The smallest absolute Gasteiger partial charge is 0.408 e. The van der Waals surface area contributed by atoms with Crippen LogP contribution in [0.2, 0.25) is 0 Å². The molecule has 1 saturated carbocycles. The molecule has 4 rings (SSSR count). The molecule has 1 fully saturated rings. The number of alkyl carbamates (subject to hydrolysis) is 1. The maximum absolute atomic E-state index is 13.9. The lowest BCUT2D eigenvalue weighted by Crippen LogP contribution is -2.60. The van der Waals surface area contributed by atoms with E-state index in [0.29, 0.717) is 22.4 Å². The fourth-order valence-corrected chi connectivity index (χ4v) is 4.26. The van der Waals surface area contributed by atoms with Gasteiger partial charge in [0.05, 0.1) is 16.2 Å². The zero-order valence-corrected chi connectivity index (χ0v) is 19.5. The molecule has 9 heteroatoms. The SMILES string of the molecule is CC(C)(C)OC(=O)NC1(c2ccc(-c3ncc([N+](=O)[O-])cc3-c3ccccc3)cc2)CC(F)(F)C1. The van der Waals surface area contributed by atoms with Crippen LogP contribution in [0.25, 0.3) is 22.4 Å². The minimum atomic E-state index is -2.89. The molecule has 7 nitrogen and oxygen atoms in total. The van der Waals surface area contributed by atoms with E-state index in [-0.39, 0.29) is 5.69 Å². The lowest BCUT2D eigenvalue weighted by molar-refractivity contribution is -0.385. The number of aromatic nitrogens is 1. The van der Waals surface area contributed by atoms with Gasteiger partial charge in [-0.2, -0.15) is 0 Å². The fourth-order valence-electron chi connectivity index (χ4n) is 4.26. The Kier molecular flexibility index (Phi) is 6.04. The number of hydrogen-bond acceptors (Lipinski definition) is 5. The highest BCUT2D eigenvalue weighted by molar-refractivity contribution is 5.82. The first-order valence-corrected chi connectivity index (χ1v) is 11.1. The molecule has 0 bridgehead atoms. The van der Waals surface area contributed by atoms with Crippen molar-refractivity contribution < 1.29 is 23.2 Å². The Labute approximate surface area is 201 Å². The molecule has 1 N–H and O–H groups in total. The van der Waals surface area contributed by atoms with Crippen molar-refractivity contribution in [1.82, 2.24) is 10.3 Å². The van der Waals surface area contributed by atoms with Crippen LogP contribution in [0.15, 0.2) is 66.9 Å². The first-order valence-electron chi connectivity index (χ1n) is 11.1. The second-order valence-electron chi connectivity index (χ2n) is 9.71. The normalized spacial score (nSPS) is 16.1. The highest BCUT2D eigenvalue weighted by Crippen LogP contribution is 2.52. The van der Waals surface area contributed by atoms with E-state index in [1.807, 2.05) is 30.3 Å². The number of nitro groups is 1. The van der Waals surface area contributed by atoms with Gasteiger partial charge in [-0.1, -0.05) is 54.6 Å². The third kappa shape index (κ3) is 5.29. The van der Waals surface area contributed by atoms with E-state index < -0.39 is 40.9 Å². The monoisotopic (exact) mass is 481 g/mol. The number of benzene rings is 2. The number of rotatable bonds is 5. The van der Waals surface area contributed by atoms with Gasteiger partial charge >= 0.3 is 6.09 Å². The van der Waals surface area contributed by atoms with E-state index in [9.17, 15) is 23.7 Å². The molecule has 1 aliphatic carbocycles. The standard InChI is InChI=1S/C26H25F2N3O4/c1-24(2,3)35-23(32)30-25(15-26(27,28)16-25)19-11-9-18(10-12-19)22-21(17-7-5-4-6-8-17)13-20(14-29-22)31(33)34/h4-14H,15-16H2,1-3H3,(H,30,32). The Morgan fingerprint density at radius 3 is 2.23 bits per heavy atom. The predicted molar refractivity (Wildman–Crippen MR) is 127 cm³/mol. The van der Waals surface area contributed by atoms with Crippen LogP contribution in [0.1, 0.15) is 39.2 Å². The number of halogens is 2. The summed E-state index contributed by atoms with van der Waals surface area (Å²) in [6.45, 7) is 5.10. The summed E-state index contributed by atoms with van der Waals surface area (Å²) in [7, 11) is 0. The Morgan fingerprint density at radius 2 is 1.69 bits per heavy atom. The van der Waals surface area contributed by atoms with Crippen LogP contribution in [0.3, 0.4) is 0 Å². The minimum absolute atomic E-state index is 0.138. The number of hydrogen-bond donors (Lipinski definition) is 1. The molecule has 35 heavy (non-hydrogen) atoms. The number of pyridine rings is 1. The molecule has 0 unspecified atom stereocenters. The van der Waals surface area contributed by atoms with Crippen LogP contribution in [-0.2, 0) is 10.3 Å². The molecule has 1 amide bonds. The van der Waals surface area contributed by atoms with Crippen LogP contribution in [0, 0.1) is 10.1 Å². The van der Waals surface area contributed by atoms with Crippen LogP contribution in [0.5, 0.6) is 0 Å². The molecule has 1 heterocycles. The summed E-state index contributed by atoms with van der Waals surface area (Å²) < 4.78 is 33.2. The fraction of sp³-hybridized carbons (Fsp3) is 0.308. The van der Waals surface area contributed by atoms with Crippen molar-refractivity contribution in [3.63, 3.8) is 0 Å². The van der Waals surface area contributed by atoms with E-state index in [1.54, 1.807) is 45.0 Å². The van der Waals surface area contributed by atoms with Gasteiger partial charge in [0.2, 0.25) is 0 Å². The number of alkyl halides is 2. The molecule has 182 valence electrons. The maximum Gasteiger partial charge on any atom is 0.408 e. The van der Waals surface area contributed by atoms with Crippen LogP contribution in [-0.4, -0.2) is 27.5 Å². The van der Waals surface area contributed by atoms with Gasteiger partial charge in [0.25, 0.3) is 11.6 Å². The van der Waals surface area contributed by atoms with Gasteiger partial charge in [-0.3, -0.25) is 10.1 Å². The van der Waals surface area contributed by atoms with Crippen molar-refractivity contribution in [1.29, 1.82) is 0 Å². The summed E-state index contributed by atoms with van der Waals surface area (Å²) in [5, 5.41) is 14.0. The highest BCUT2D eigenvalue weighted by atomic mass is 19.3. The molecule has 0 aliphatic heterocycles. The zero-order chi connectivity index (χ0) is 25.4. The largest absolute Gasteiger partial charge is 0.444 e. The summed E-state index contributed by atoms with van der Waals surface area (Å²) in [6.07, 6.45) is -0.651. The average molecular weight is 481 g/mol. The number of nitrogens with one attached hydrogen (secondary N) is 1. The Hall–Kier alpha value is -3.88. The Bertz CT molecular complexity index is 1250. The lowest BCUT2D eigenvalue weighted by Gasteiger charge is -2.48. The molecular weight excluding hydrogens is 456 g/mol. The highest BCUT2D eigenvalue weighted by Gasteiger charge is 2.58. The molecule has 0 spiro atoms. The summed E-state index contributed by atoms with van der Waals surface area (Å²) in [5.41, 5.74) is 0.852. The van der Waals surface area contributed by atoms with Crippen molar-refractivity contribution >= 4 is 11.8 Å². The van der Waals surface area contributed by atoms with Gasteiger partial charge in [0.1, 0.15) is 11.8 Å². The molecule has 1 aromatic heterocycles. The van der Waals surface area contributed by atoms with E-state index in [0.717, 1.165) is 5.56 Å². The summed E-state index contributed by atoms with van der Waals surface area (Å²) in [6, 6.07) is 17.4. The number of nitrogens with zero attached hydrogens (tertiary/aromatic N) is 2. The quantitative estimate of drug-likeness (QED) is 0.333. The van der Waals surface area contributed by atoms with Crippen molar-refractivity contribution in [2.75, 3.05) is 0 Å². The summed E-state index contributed by atoms with van der Waals surface area (Å²) in [4.78, 5) is 27.5. The molecule has 0 atom stereocenters. The van der Waals surface area contributed by atoms with Gasteiger partial charge in [-0.05, 0) is 31.9 Å². The number of ether oxygens (including phenoxy) is 1. The molecular formula is C26H25F2N3O4. The van der Waals surface area contributed by atoms with E-state index in [2.05, 4.69) is 10.3 Å². The third-order valence-electron chi connectivity index (χ3n) is 5.74. The van der Waals surface area contributed by atoms with Gasteiger partial charge in [0, 0.05) is 30.0 Å². The van der Waals surface area contributed by atoms with E-state index in [1.165, 1.54) is 12.3 Å². The van der Waals surface area contributed by atoms with Gasteiger partial charge in [0.15, 0.2) is 0 Å². The molecule has 0 saturated heterocycles. The van der Waals surface area contributed by atoms with Crippen LogP contribution >= 0.6 is 0 Å². The molecule has 0 radical (unpaired) electrons. The van der Waals surface area contributed by atoms with Gasteiger partial charge in [-0.15, -0.1) is 0 Å². The van der Waals surface area contributed by atoms with Crippen molar-refractivity contribution in [3.05, 3.63) is 82.5 Å². The van der Waals surface area contributed by atoms with Crippen molar-refractivity contribution in [2.45, 2.75) is 50.7 Å². The number of amides is 1. The van der Waals surface area contributed by atoms with Crippen molar-refractivity contribution in [2.24, 2.45) is 0 Å². The van der Waals surface area contributed by atoms with E-state index in [4.69, 9.17) is 4.74 Å². The number of carbonyl (C=O) groups excluding carboxylic acids is 1. The average Bonchev–Trinajstić information content (AvgIpc) is 2.76. The second kappa shape index (κ2) is 8.72. The molecule has 3 aromatic rings. The molecule has 2 aromatic carbocycles. The Morgan fingerprint density at radius 1 is 1.06 bits per heavy atom. The summed E-state index contributed by atoms with van der Waals surface area (Å²) >= 11 is 0. The summed E-state index contributed by atoms with van der Waals surface area (Å²) in [5.74, 6) is -2.89. The van der Waals surface area contributed by atoms with Gasteiger partial charge in [-0.25, -0.2) is 18.6 Å². The Balaban J connectivity index is 1.69. The first kappa shape index (κ1) is 24.3.